The maximum atomic E-state index is 12.7. The minimum atomic E-state index is -1.60. The largest absolute Gasteiger partial charge is 0.481 e. The van der Waals surface area contributed by atoms with Gasteiger partial charge in [-0.05, 0) is 31.6 Å². The van der Waals surface area contributed by atoms with E-state index in [4.69, 9.17) is 11.5 Å². The molecule has 200 valence electrons. The van der Waals surface area contributed by atoms with Crippen LogP contribution in [0.1, 0.15) is 51.4 Å². The van der Waals surface area contributed by atoms with Crippen LogP contribution >= 0.6 is 0 Å². The molecule has 2 fully saturated rings. The fraction of sp³-hybridized carbons (Fsp3) is 0.667. The first kappa shape index (κ1) is 28.3. The van der Waals surface area contributed by atoms with E-state index < -0.39 is 66.8 Å². The lowest BCUT2D eigenvalue weighted by atomic mass is 9.83. The van der Waals surface area contributed by atoms with E-state index in [-0.39, 0.29) is 24.8 Å². The maximum absolute atomic E-state index is 12.7. The summed E-state index contributed by atoms with van der Waals surface area (Å²) < 4.78 is 0. The van der Waals surface area contributed by atoms with Crippen molar-refractivity contribution in [2.75, 3.05) is 13.1 Å². The van der Waals surface area contributed by atoms with Gasteiger partial charge in [0.15, 0.2) is 5.96 Å². The second-order valence-electron chi connectivity index (χ2n) is 8.82. The molecule has 2 rings (SSSR count). The SMILES string of the molecule is NC(N)=NCCC[C@@H]1NC(=O)N(CC(=O)N[C@@H](CC(=O)O)C(=O)N[C@H](C(=O)O)C2CCCCC2)C1=O. The molecule has 15 heteroatoms. The van der Waals surface area contributed by atoms with Crippen molar-refractivity contribution >= 4 is 41.7 Å². The number of hydrogen-bond acceptors (Lipinski definition) is 7. The molecule has 1 heterocycles. The average molecular weight is 512 g/mol. The molecule has 9 N–H and O–H groups in total. The molecule has 3 atom stereocenters. The van der Waals surface area contributed by atoms with Gasteiger partial charge in [0.05, 0.1) is 6.42 Å². The third kappa shape index (κ3) is 8.39. The third-order valence-electron chi connectivity index (χ3n) is 6.07. The fourth-order valence-electron chi connectivity index (χ4n) is 4.30. The summed E-state index contributed by atoms with van der Waals surface area (Å²) in [5.41, 5.74) is 10.5. The van der Waals surface area contributed by atoms with Crippen LogP contribution in [0.2, 0.25) is 0 Å². The molecule has 1 aliphatic carbocycles. The Balaban J connectivity index is 1.98. The van der Waals surface area contributed by atoms with Crippen molar-refractivity contribution in [3.63, 3.8) is 0 Å². The van der Waals surface area contributed by atoms with Crippen LogP contribution in [0.15, 0.2) is 4.99 Å². The number of carboxylic acid groups (broad SMARTS) is 2. The fourth-order valence-corrected chi connectivity index (χ4v) is 4.30. The molecule has 36 heavy (non-hydrogen) atoms. The number of urea groups is 1. The molecule has 0 unspecified atom stereocenters. The molecule has 15 nitrogen and oxygen atoms in total. The number of aliphatic imine (C=N–C) groups is 1. The van der Waals surface area contributed by atoms with Gasteiger partial charge in [-0.15, -0.1) is 0 Å². The van der Waals surface area contributed by atoms with Gasteiger partial charge in [0, 0.05) is 6.54 Å². The van der Waals surface area contributed by atoms with Crippen LogP contribution in [0.4, 0.5) is 4.79 Å². The van der Waals surface area contributed by atoms with Gasteiger partial charge in [0.25, 0.3) is 5.91 Å². The van der Waals surface area contributed by atoms with E-state index in [1.807, 2.05) is 0 Å². The Hall–Kier alpha value is -3.91. The Morgan fingerprint density at radius 3 is 2.33 bits per heavy atom. The minimum absolute atomic E-state index is 0.108. The zero-order chi connectivity index (χ0) is 26.8. The molecular formula is C21H33N7O8. The predicted octanol–water partition coefficient (Wildman–Crippen LogP) is -1.93. The van der Waals surface area contributed by atoms with E-state index in [1.54, 1.807) is 0 Å². The van der Waals surface area contributed by atoms with Crippen LogP contribution in [-0.4, -0.2) is 88.0 Å². The monoisotopic (exact) mass is 511 g/mol. The van der Waals surface area contributed by atoms with Gasteiger partial charge in [-0.1, -0.05) is 19.3 Å². The molecule has 2 aliphatic rings. The summed E-state index contributed by atoms with van der Waals surface area (Å²) in [6.45, 7) is -0.504. The molecule has 0 bridgehead atoms. The number of hydrogen-bond donors (Lipinski definition) is 7. The Labute approximate surface area is 207 Å². The number of carboxylic acids is 2. The molecule has 0 spiro atoms. The highest BCUT2D eigenvalue weighted by atomic mass is 16.4. The number of carbonyl (C=O) groups is 6. The first-order valence-electron chi connectivity index (χ1n) is 11.7. The average Bonchev–Trinajstić information content (AvgIpc) is 3.07. The number of nitrogens with two attached hydrogens (primary N) is 2. The van der Waals surface area contributed by atoms with Crippen molar-refractivity contribution in [2.24, 2.45) is 22.4 Å². The van der Waals surface area contributed by atoms with E-state index in [0.717, 1.165) is 19.3 Å². The van der Waals surface area contributed by atoms with Gasteiger partial charge in [0.2, 0.25) is 11.8 Å². The molecule has 0 radical (unpaired) electrons. The molecule has 5 amide bonds. The number of imide groups is 1. The van der Waals surface area contributed by atoms with Crippen LogP contribution in [0.5, 0.6) is 0 Å². The van der Waals surface area contributed by atoms with E-state index >= 15 is 0 Å². The molecule has 0 aromatic rings. The van der Waals surface area contributed by atoms with E-state index in [2.05, 4.69) is 20.9 Å². The zero-order valence-electron chi connectivity index (χ0n) is 19.8. The van der Waals surface area contributed by atoms with Gasteiger partial charge in [-0.3, -0.25) is 29.1 Å². The molecule has 1 aliphatic heterocycles. The van der Waals surface area contributed by atoms with Crippen molar-refractivity contribution in [3.05, 3.63) is 0 Å². The van der Waals surface area contributed by atoms with Crippen LogP contribution in [0, 0.1) is 5.92 Å². The molecular weight excluding hydrogens is 478 g/mol. The minimum Gasteiger partial charge on any atom is -0.481 e. The number of nitrogens with zero attached hydrogens (tertiary/aromatic N) is 2. The zero-order valence-corrected chi connectivity index (χ0v) is 19.8. The number of aliphatic carboxylic acids is 2. The normalized spacial score (nSPS) is 19.7. The maximum Gasteiger partial charge on any atom is 0.326 e. The quantitative estimate of drug-likeness (QED) is 0.0624. The first-order chi connectivity index (χ1) is 17.0. The van der Waals surface area contributed by atoms with Gasteiger partial charge in [0.1, 0.15) is 24.7 Å². The summed E-state index contributed by atoms with van der Waals surface area (Å²) in [6.07, 6.45) is 3.61. The van der Waals surface area contributed by atoms with Gasteiger partial charge >= 0.3 is 18.0 Å². The lowest BCUT2D eigenvalue weighted by molar-refractivity contribution is -0.145. The van der Waals surface area contributed by atoms with Crippen LogP contribution in [0.25, 0.3) is 0 Å². The summed E-state index contributed by atoms with van der Waals surface area (Å²) in [4.78, 5) is 77.4. The van der Waals surface area contributed by atoms with Crippen LogP contribution in [0.3, 0.4) is 0 Å². The van der Waals surface area contributed by atoms with Crippen molar-refractivity contribution < 1.29 is 39.0 Å². The number of rotatable bonds is 13. The van der Waals surface area contributed by atoms with E-state index in [0.29, 0.717) is 24.2 Å². The van der Waals surface area contributed by atoms with Gasteiger partial charge in [-0.25, -0.2) is 9.59 Å². The van der Waals surface area contributed by atoms with Crippen LogP contribution < -0.4 is 27.4 Å². The highest BCUT2D eigenvalue weighted by molar-refractivity contribution is 6.06. The van der Waals surface area contributed by atoms with E-state index in [9.17, 15) is 39.0 Å². The van der Waals surface area contributed by atoms with Gasteiger partial charge in [-0.2, -0.15) is 0 Å². The molecule has 1 saturated heterocycles. The Morgan fingerprint density at radius 1 is 1.08 bits per heavy atom. The Morgan fingerprint density at radius 2 is 1.75 bits per heavy atom. The Kier molecular flexibility index (Phi) is 10.4. The second-order valence-corrected chi connectivity index (χ2v) is 8.82. The number of nitrogens with one attached hydrogen (secondary N) is 3. The third-order valence-corrected chi connectivity index (χ3v) is 6.07. The number of guanidine groups is 1. The summed E-state index contributed by atoms with van der Waals surface area (Å²) in [5, 5.41) is 25.7. The lowest BCUT2D eigenvalue weighted by Crippen LogP contribution is -2.55. The van der Waals surface area contributed by atoms with Crippen molar-refractivity contribution in [2.45, 2.75) is 69.5 Å². The number of amides is 5. The van der Waals surface area contributed by atoms with Crippen molar-refractivity contribution in [3.8, 4) is 0 Å². The molecule has 1 saturated carbocycles. The standard InChI is InChI=1S/C21H33N7O8/c22-20(23)24-8-4-7-12-18(33)28(21(36)26-12)10-14(29)25-13(9-15(30)31)17(32)27-16(19(34)35)11-5-2-1-3-6-11/h11-13,16H,1-10H2,(H,25,29)(H,26,36)(H,27,32)(H,30,31)(H,34,35)(H4,22,23,24)/t12-,13-,16-/m0/s1. The summed E-state index contributed by atoms with van der Waals surface area (Å²) in [5.74, 6) is -5.66. The highest BCUT2D eigenvalue weighted by Gasteiger charge is 2.39. The predicted molar refractivity (Wildman–Crippen MR) is 124 cm³/mol. The second kappa shape index (κ2) is 13.3. The Bertz CT molecular complexity index is 899. The molecule has 0 aromatic carbocycles. The summed E-state index contributed by atoms with van der Waals surface area (Å²) in [6, 6.07) is -4.53. The number of carbonyl (C=O) groups excluding carboxylic acids is 4. The van der Waals surface area contributed by atoms with E-state index in [1.165, 1.54) is 0 Å². The van der Waals surface area contributed by atoms with Crippen molar-refractivity contribution in [1.82, 2.24) is 20.9 Å². The smallest absolute Gasteiger partial charge is 0.326 e. The first-order valence-corrected chi connectivity index (χ1v) is 11.7. The van der Waals surface area contributed by atoms with Crippen molar-refractivity contribution in [1.29, 1.82) is 0 Å². The van der Waals surface area contributed by atoms with Gasteiger partial charge < -0.3 is 37.6 Å². The molecule has 0 aromatic heterocycles. The topological polar surface area (TPSA) is 247 Å². The van der Waals surface area contributed by atoms with Crippen LogP contribution in [-0.2, 0) is 24.0 Å². The summed E-state index contributed by atoms with van der Waals surface area (Å²) >= 11 is 0. The lowest BCUT2D eigenvalue weighted by Gasteiger charge is -2.29. The highest BCUT2D eigenvalue weighted by Crippen LogP contribution is 2.26. The summed E-state index contributed by atoms with van der Waals surface area (Å²) in [7, 11) is 0.